The molecule has 2 fully saturated rings. The fourth-order valence-corrected chi connectivity index (χ4v) is 3.88. The fourth-order valence-electron chi connectivity index (χ4n) is 3.88. The molecule has 3 nitrogen and oxygen atoms in total. The molecule has 0 radical (unpaired) electrons. The minimum absolute atomic E-state index is 0.0764. The lowest BCUT2D eigenvalue weighted by Crippen LogP contribution is -2.36. The van der Waals surface area contributed by atoms with Crippen LogP contribution in [0.3, 0.4) is 0 Å². The van der Waals surface area contributed by atoms with Crippen LogP contribution in [0, 0.1) is 11.8 Å². The molecular formula is C20H28N2O. The molecule has 2 aliphatic rings. The zero-order valence-electron chi connectivity index (χ0n) is 14.0. The molecule has 1 N–H and O–H groups in total. The van der Waals surface area contributed by atoms with E-state index in [0.717, 1.165) is 18.2 Å². The average Bonchev–Trinajstić information content (AvgIpc) is 3.02. The lowest BCUT2D eigenvalue weighted by Gasteiger charge is -2.27. The molecule has 0 bridgehead atoms. The van der Waals surface area contributed by atoms with Crippen molar-refractivity contribution < 1.29 is 5.11 Å². The Morgan fingerprint density at radius 3 is 2.48 bits per heavy atom. The van der Waals surface area contributed by atoms with Crippen LogP contribution in [-0.2, 0) is 6.54 Å². The van der Waals surface area contributed by atoms with Gasteiger partial charge in [-0.05, 0) is 50.0 Å². The largest absolute Gasteiger partial charge is 0.384 e. The number of benzene rings is 1. The second kappa shape index (κ2) is 8.49. The van der Waals surface area contributed by atoms with Gasteiger partial charge < -0.3 is 5.11 Å². The number of hydrogen-bond donors (Lipinski definition) is 1. The van der Waals surface area contributed by atoms with Crippen LogP contribution in [0.2, 0.25) is 0 Å². The van der Waals surface area contributed by atoms with Crippen molar-refractivity contribution in [3.8, 4) is 11.8 Å². The Balaban J connectivity index is 1.51. The SMILES string of the molecule is OCC#Cc1ccc(CN2CCCN(C3CCCC3)CC2)cc1. The smallest absolute Gasteiger partial charge is 0.104 e. The highest BCUT2D eigenvalue weighted by molar-refractivity contribution is 5.36. The van der Waals surface area contributed by atoms with Gasteiger partial charge in [0.25, 0.3) is 0 Å². The van der Waals surface area contributed by atoms with Gasteiger partial charge in [-0.1, -0.05) is 36.8 Å². The van der Waals surface area contributed by atoms with Crippen LogP contribution in [0.4, 0.5) is 0 Å². The van der Waals surface area contributed by atoms with E-state index in [2.05, 4.69) is 45.9 Å². The van der Waals surface area contributed by atoms with Crippen LogP contribution in [0.15, 0.2) is 24.3 Å². The highest BCUT2D eigenvalue weighted by Gasteiger charge is 2.24. The molecule has 0 amide bonds. The summed E-state index contributed by atoms with van der Waals surface area (Å²) in [6.07, 6.45) is 6.97. The fraction of sp³-hybridized carbons (Fsp3) is 0.600. The maximum atomic E-state index is 8.74. The molecule has 1 aliphatic carbocycles. The van der Waals surface area contributed by atoms with Crippen LogP contribution in [-0.4, -0.2) is 53.7 Å². The topological polar surface area (TPSA) is 26.7 Å². The Bertz CT molecular complexity index is 537. The first-order valence-corrected chi connectivity index (χ1v) is 9.00. The molecule has 0 unspecified atom stereocenters. The van der Waals surface area contributed by atoms with Gasteiger partial charge in [-0.3, -0.25) is 9.80 Å². The van der Waals surface area contributed by atoms with Crippen molar-refractivity contribution in [3.05, 3.63) is 35.4 Å². The highest BCUT2D eigenvalue weighted by Crippen LogP contribution is 2.24. The van der Waals surface area contributed by atoms with Gasteiger partial charge in [0, 0.05) is 31.2 Å². The summed E-state index contributed by atoms with van der Waals surface area (Å²) in [5.41, 5.74) is 2.33. The number of hydrogen-bond acceptors (Lipinski definition) is 3. The molecule has 0 atom stereocenters. The first-order chi connectivity index (χ1) is 11.3. The van der Waals surface area contributed by atoms with Gasteiger partial charge in [0.05, 0.1) is 0 Å². The predicted molar refractivity (Wildman–Crippen MR) is 94.1 cm³/mol. The summed E-state index contributed by atoms with van der Waals surface area (Å²) in [6, 6.07) is 9.31. The van der Waals surface area contributed by atoms with Crippen molar-refractivity contribution in [1.29, 1.82) is 0 Å². The Labute approximate surface area is 140 Å². The van der Waals surface area contributed by atoms with Gasteiger partial charge in [-0.25, -0.2) is 0 Å². The monoisotopic (exact) mass is 312 g/mol. The Kier molecular flexibility index (Phi) is 6.10. The summed E-state index contributed by atoms with van der Waals surface area (Å²) in [7, 11) is 0. The van der Waals surface area contributed by atoms with E-state index in [4.69, 9.17) is 5.11 Å². The Morgan fingerprint density at radius 2 is 1.74 bits per heavy atom. The Morgan fingerprint density at radius 1 is 0.957 bits per heavy atom. The van der Waals surface area contributed by atoms with Crippen molar-refractivity contribution in [2.75, 3.05) is 32.8 Å². The molecule has 1 heterocycles. The molecule has 0 spiro atoms. The van der Waals surface area contributed by atoms with Gasteiger partial charge in [0.15, 0.2) is 0 Å². The van der Waals surface area contributed by atoms with Crippen molar-refractivity contribution in [2.24, 2.45) is 0 Å². The second-order valence-corrected chi connectivity index (χ2v) is 6.76. The Hall–Kier alpha value is -1.34. The third-order valence-corrected chi connectivity index (χ3v) is 5.14. The van der Waals surface area contributed by atoms with Gasteiger partial charge in [0.1, 0.15) is 6.61 Å². The molecule has 1 aromatic rings. The number of aliphatic hydroxyl groups is 1. The van der Waals surface area contributed by atoms with Gasteiger partial charge in [-0.2, -0.15) is 0 Å². The molecule has 1 saturated heterocycles. The zero-order valence-corrected chi connectivity index (χ0v) is 14.0. The molecule has 3 heteroatoms. The number of rotatable bonds is 3. The molecule has 124 valence electrons. The lowest BCUT2D eigenvalue weighted by molar-refractivity contribution is 0.198. The van der Waals surface area contributed by atoms with Gasteiger partial charge in [0.2, 0.25) is 0 Å². The first-order valence-electron chi connectivity index (χ1n) is 9.00. The summed E-state index contributed by atoms with van der Waals surface area (Å²) < 4.78 is 0. The third-order valence-electron chi connectivity index (χ3n) is 5.14. The van der Waals surface area contributed by atoms with E-state index in [0.29, 0.717) is 0 Å². The van der Waals surface area contributed by atoms with E-state index in [9.17, 15) is 0 Å². The lowest BCUT2D eigenvalue weighted by atomic mass is 10.1. The molecule has 1 aliphatic heterocycles. The van der Waals surface area contributed by atoms with Crippen LogP contribution in [0.25, 0.3) is 0 Å². The maximum absolute atomic E-state index is 8.74. The summed E-state index contributed by atoms with van der Waals surface area (Å²) in [4.78, 5) is 5.32. The van der Waals surface area contributed by atoms with Crippen molar-refractivity contribution >= 4 is 0 Å². The molecule has 0 aromatic heterocycles. The summed E-state index contributed by atoms with van der Waals surface area (Å²) >= 11 is 0. The second-order valence-electron chi connectivity index (χ2n) is 6.76. The number of nitrogens with zero attached hydrogens (tertiary/aromatic N) is 2. The van der Waals surface area contributed by atoms with E-state index in [1.165, 1.54) is 63.8 Å². The average molecular weight is 312 g/mol. The van der Waals surface area contributed by atoms with E-state index in [-0.39, 0.29) is 6.61 Å². The van der Waals surface area contributed by atoms with Crippen molar-refractivity contribution in [2.45, 2.75) is 44.7 Å². The van der Waals surface area contributed by atoms with E-state index < -0.39 is 0 Å². The molecule has 23 heavy (non-hydrogen) atoms. The van der Waals surface area contributed by atoms with Gasteiger partial charge in [-0.15, -0.1) is 0 Å². The maximum Gasteiger partial charge on any atom is 0.104 e. The quantitative estimate of drug-likeness (QED) is 0.869. The zero-order chi connectivity index (χ0) is 15.9. The molecule has 1 saturated carbocycles. The van der Waals surface area contributed by atoms with Crippen LogP contribution < -0.4 is 0 Å². The molecule has 3 rings (SSSR count). The van der Waals surface area contributed by atoms with Crippen LogP contribution in [0.5, 0.6) is 0 Å². The third kappa shape index (κ3) is 4.81. The van der Waals surface area contributed by atoms with Crippen molar-refractivity contribution in [3.63, 3.8) is 0 Å². The highest BCUT2D eigenvalue weighted by atomic mass is 16.2. The van der Waals surface area contributed by atoms with E-state index in [1.54, 1.807) is 0 Å². The minimum atomic E-state index is -0.0764. The number of aliphatic hydroxyl groups excluding tert-OH is 1. The van der Waals surface area contributed by atoms with Gasteiger partial charge >= 0.3 is 0 Å². The minimum Gasteiger partial charge on any atom is -0.384 e. The first kappa shape index (κ1) is 16.5. The predicted octanol–water partition coefficient (Wildman–Crippen LogP) is 2.48. The van der Waals surface area contributed by atoms with E-state index in [1.807, 2.05) is 0 Å². The molecular weight excluding hydrogens is 284 g/mol. The van der Waals surface area contributed by atoms with Crippen LogP contribution in [0.1, 0.15) is 43.2 Å². The normalized spacial score (nSPS) is 20.9. The van der Waals surface area contributed by atoms with E-state index >= 15 is 0 Å². The van der Waals surface area contributed by atoms with Crippen molar-refractivity contribution in [1.82, 2.24) is 9.80 Å². The molecule has 1 aromatic carbocycles. The standard InChI is InChI=1S/C20H28N2O/c23-16-3-5-18-8-10-19(11-9-18)17-21-12-4-13-22(15-14-21)20-6-1-2-7-20/h8-11,20,23H,1-2,4,6-7,12-17H2. The van der Waals surface area contributed by atoms with Crippen LogP contribution >= 0.6 is 0 Å². The summed E-state index contributed by atoms with van der Waals surface area (Å²) in [6.45, 7) is 5.85. The summed E-state index contributed by atoms with van der Waals surface area (Å²) in [5, 5.41) is 8.74. The summed E-state index contributed by atoms with van der Waals surface area (Å²) in [5.74, 6) is 5.65.